The summed E-state index contributed by atoms with van der Waals surface area (Å²) in [7, 11) is 6.83. The largest absolute Gasteiger partial charge is 0.507 e. The number of ether oxygens (including phenoxy) is 2. The lowest BCUT2D eigenvalue weighted by Crippen LogP contribution is -2.35. The van der Waals surface area contributed by atoms with Crippen molar-refractivity contribution in [2.24, 2.45) is 0 Å². The predicted octanol–water partition coefficient (Wildman–Crippen LogP) is 3.84. The number of nitrogens with zero attached hydrogens (tertiary/aromatic N) is 2. The van der Waals surface area contributed by atoms with Crippen LogP contribution in [-0.2, 0) is 9.59 Å². The molecule has 176 valence electrons. The van der Waals surface area contributed by atoms with Gasteiger partial charge in [-0.3, -0.25) is 9.59 Å². The van der Waals surface area contributed by atoms with Gasteiger partial charge in [0.15, 0.2) is 0 Å². The van der Waals surface area contributed by atoms with Gasteiger partial charge in [0.25, 0.3) is 11.7 Å². The molecule has 7 nitrogen and oxygen atoms in total. The highest BCUT2D eigenvalue weighted by Crippen LogP contribution is 2.43. The molecule has 1 aliphatic rings. The molecule has 1 heterocycles. The van der Waals surface area contributed by atoms with Crippen molar-refractivity contribution >= 4 is 28.2 Å². The van der Waals surface area contributed by atoms with Crippen LogP contribution in [0, 0.1) is 0 Å². The van der Waals surface area contributed by atoms with Gasteiger partial charge < -0.3 is 24.4 Å². The quantitative estimate of drug-likeness (QED) is 0.328. The molecule has 1 aliphatic heterocycles. The molecule has 1 atom stereocenters. The number of hydrogen-bond acceptors (Lipinski definition) is 6. The molecular formula is C27H28N2O5. The highest BCUT2D eigenvalue weighted by atomic mass is 16.5. The molecule has 3 aromatic rings. The van der Waals surface area contributed by atoms with Crippen LogP contribution >= 0.6 is 0 Å². The SMILES string of the molecule is COc1ccc(/C(O)=C2\C(=O)C(=O)N(CCN(C)C)C2c2cccc3ccccc23)c(OC)c1. The number of carbonyl (C=O) groups is 2. The molecule has 0 aliphatic carbocycles. The average Bonchev–Trinajstić information content (AvgIpc) is 3.10. The van der Waals surface area contributed by atoms with E-state index in [0.717, 1.165) is 16.3 Å². The number of methoxy groups -OCH3 is 2. The lowest BCUT2D eigenvalue weighted by molar-refractivity contribution is -0.140. The molecule has 4 rings (SSSR count). The summed E-state index contributed by atoms with van der Waals surface area (Å²) >= 11 is 0. The normalized spacial score (nSPS) is 17.6. The van der Waals surface area contributed by atoms with Crippen molar-refractivity contribution in [3.8, 4) is 11.5 Å². The topological polar surface area (TPSA) is 79.3 Å². The number of benzene rings is 3. The van der Waals surface area contributed by atoms with Gasteiger partial charge in [0.2, 0.25) is 0 Å². The van der Waals surface area contributed by atoms with E-state index in [1.807, 2.05) is 61.5 Å². The number of likely N-dealkylation sites (tertiary alicyclic amines) is 1. The predicted molar refractivity (Wildman–Crippen MR) is 131 cm³/mol. The Morgan fingerprint density at radius 2 is 1.74 bits per heavy atom. The first-order chi connectivity index (χ1) is 16.4. The van der Waals surface area contributed by atoms with Crippen LogP contribution in [0.5, 0.6) is 11.5 Å². The van der Waals surface area contributed by atoms with E-state index in [0.29, 0.717) is 30.2 Å². The zero-order valence-corrected chi connectivity index (χ0v) is 19.7. The minimum absolute atomic E-state index is 0.0450. The third-order valence-corrected chi connectivity index (χ3v) is 6.11. The fourth-order valence-electron chi connectivity index (χ4n) is 4.37. The Morgan fingerprint density at radius 1 is 1.00 bits per heavy atom. The second kappa shape index (κ2) is 9.57. The molecule has 0 aromatic heterocycles. The second-order valence-electron chi connectivity index (χ2n) is 8.43. The Morgan fingerprint density at radius 3 is 2.44 bits per heavy atom. The van der Waals surface area contributed by atoms with Crippen LogP contribution in [0.4, 0.5) is 0 Å². The fourth-order valence-corrected chi connectivity index (χ4v) is 4.37. The van der Waals surface area contributed by atoms with Gasteiger partial charge in [-0.1, -0.05) is 42.5 Å². The Labute approximate surface area is 198 Å². The number of aliphatic hydroxyl groups is 1. The van der Waals surface area contributed by atoms with Gasteiger partial charge in [-0.25, -0.2) is 0 Å². The smallest absolute Gasteiger partial charge is 0.295 e. The minimum Gasteiger partial charge on any atom is -0.507 e. The van der Waals surface area contributed by atoms with E-state index in [9.17, 15) is 14.7 Å². The van der Waals surface area contributed by atoms with Crippen molar-refractivity contribution in [1.82, 2.24) is 9.80 Å². The van der Waals surface area contributed by atoms with Gasteiger partial charge in [-0.15, -0.1) is 0 Å². The number of hydrogen-bond donors (Lipinski definition) is 1. The Kier molecular flexibility index (Phi) is 6.56. The van der Waals surface area contributed by atoms with E-state index in [1.165, 1.54) is 14.2 Å². The summed E-state index contributed by atoms with van der Waals surface area (Å²) in [6.07, 6.45) is 0. The average molecular weight is 461 g/mol. The molecule has 1 amide bonds. The van der Waals surface area contributed by atoms with Crippen molar-refractivity contribution in [3.05, 3.63) is 77.4 Å². The Balaban J connectivity index is 1.96. The fraction of sp³-hybridized carbons (Fsp3) is 0.259. The highest BCUT2D eigenvalue weighted by molar-refractivity contribution is 6.46. The summed E-state index contributed by atoms with van der Waals surface area (Å²) in [5, 5.41) is 13.3. The maximum Gasteiger partial charge on any atom is 0.295 e. The van der Waals surface area contributed by atoms with Crippen LogP contribution in [0.15, 0.2) is 66.2 Å². The molecule has 1 unspecified atom stereocenters. The number of amides is 1. The van der Waals surface area contributed by atoms with Gasteiger partial charge in [0, 0.05) is 19.2 Å². The molecule has 1 saturated heterocycles. The van der Waals surface area contributed by atoms with E-state index in [4.69, 9.17) is 9.47 Å². The molecule has 0 radical (unpaired) electrons. The third-order valence-electron chi connectivity index (χ3n) is 6.11. The van der Waals surface area contributed by atoms with Crippen molar-refractivity contribution in [2.75, 3.05) is 41.4 Å². The maximum absolute atomic E-state index is 13.3. The number of fused-ring (bicyclic) bond motifs is 1. The van der Waals surface area contributed by atoms with Gasteiger partial charge in [-0.2, -0.15) is 0 Å². The van der Waals surface area contributed by atoms with Gasteiger partial charge in [-0.05, 0) is 42.6 Å². The standard InChI is InChI=1S/C27H28N2O5/c1-28(2)14-15-29-24(20-11-7-9-17-8-5-6-10-19(17)20)23(26(31)27(29)32)25(30)21-13-12-18(33-3)16-22(21)34-4/h5-13,16,24,30H,14-15H2,1-4H3/b25-23+. The zero-order valence-electron chi connectivity index (χ0n) is 19.7. The number of Topliss-reactive ketones (excluding diaryl/α,β-unsaturated/α-hetero) is 1. The summed E-state index contributed by atoms with van der Waals surface area (Å²) in [5.41, 5.74) is 1.15. The Bertz CT molecular complexity index is 1280. The van der Waals surface area contributed by atoms with Crippen molar-refractivity contribution in [1.29, 1.82) is 0 Å². The van der Waals surface area contributed by atoms with Crippen LogP contribution in [0.25, 0.3) is 16.5 Å². The van der Waals surface area contributed by atoms with Crippen LogP contribution < -0.4 is 9.47 Å². The van der Waals surface area contributed by atoms with Crippen molar-refractivity contribution in [3.63, 3.8) is 0 Å². The molecular weight excluding hydrogens is 432 g/mol. The van der Waals surface area contributed by atoms with Crippen LogP contribution in [-0.4, -0.2) is 68.0 Å². The third kappa shape index (κ3) is 4.10. The number of aliphatic hydroxyl groups excluding tert-OH is 1. The second-order valence-corrected chi connectivity index (χ2v) is 8.43. The molecule has 3 aromatic carbocycles. The van der Waals surface area contributed by atoms with E-state index in [-0.39, 0.29) is 11.3 Å². The molecule has 0 bridgehead atoms. The summed E-state index contributed by atoms with van der Waals surface area (Å²) < 4.78 is 10.7. The van der Waals surface area contributed by atoms with Crippen LogP contribution in [0.3, 0.4) is 0 Å². The molecule has 34 heavy (non-hydrogen) atoms. The van der Waals surface area contributed by atoms with Gasteiger partial charge in [0.05, 0.1) is 31.4 Å². The van der Waals surface area contributed by atoms with Gasteiger partial charge in [0.1, 0.15) is 17.3 Å². The zero-order chi connectivity index (χ0) is 24.4. The van der Waals surface area contributed by atoms with Crippen molar-refractivity contribution in [2.45, 2.75) is 6.04 Å². The molecule has 7 heteroatoms. The molecule has 1 N–H and O–H groups in total. The first kappa shape index (κ1) is 23.3. The molecule has 0 spiro atoms. The maximum atomic E-state index is 13.3. The van der Waals surface area contributed by atoms with Gasteiger partial charge >= 0.3 is 0 Å². The number of likely N-dealkylation sites (N-methyl/N-ethyl adjacent to an activating group) is 1. The van der Waals surface area contributed by atoms with E-state index in [2.05, 4.69) is 0 Å². The molecule has 1 fully saturated rings. The number of ketones is 1. The first-order valence-electron chi connectivity index (χ1n) is 11.0. The highest BCUT2D eigenvalue weighted by Gasteiger charge is 2.46. The summed E-state index contributed by atoms with van der Waals surface area (Å²) in [6, 6.07) is 17.8. The monoisotopic (exact) mass is 460 g/mol. The van der Waals surface area contributed by atoms with E-state index >= 15 is 0 Å². The Hall–Kier alpha value is -3.84. The van der Waals surface area contributed by atoms with E-state index < -0.39 is 17.7 Å². The van der Waals surface area contributed by atoms with Crippen LogP contribution in [0.2, 0.25) is 0 Å². The first-order valence-corrected chi connectivity index (χ1v) is 11.0. The van der Waals surface area contributed by atoms with Crippen molar-refractivity contribution < 1.29 is 24.2 Å². The lowest BCUT2D eigenvalue weighted by Gasteiger charge is -2.27. The van der Waals surface area contributed by atoms with Crippen LogP contribution in [0.1, 0.15) is 17.2 Å². The number of rotatable bonds is 7. The lowest BCUT2D eigenvalue weighted by atomic mass is 9.91. The summed E-state index contributed by atoms with van der Waals surface area (Å²) in [6.45, 7) is 0.905. The minimum atomic E-state index is -0.738. The summed E-state index contributed by atoms with van der Waals surface area (Å²) in [5.74, 6) is -0.734. The molecule has 0 saturated carbocycles. The number of carbonyl (C=O) groups excluding carboxylic acids is 2. The van der Waals surface area contributed by atoms with E-state index in [1.54, 1.807) is 23.1 Å². The summed E-state index contributed by atoms with van der Waals surface area (Å²) in [4.78, 5) is 30.0.